The number of hydrogen-bond donors (Lipinski definition) is 0. The van der Waals surface area contributed by atoms with Gasteiger partial charge in [-0.25, -0.2) is 0 Å². The van der Waals surface area contributed by atoms with Gasteiger partial charge in [-0.1, -0.05) is 24.8 Å². The molecule has 0 spiro atoms. The van der Waals surface area contributed by atoms with Crippen molar-refractivity contribution >= 4 is 17.4 Å². The Morgan fingerprint density at radius 1 is 1.10 bits per heavy atom. The van der Waals surface area contributed by atoms with E-state index >= 15 is 0 Å². The topological polar surface area (TPSA) is 70.4 Å². The van der Waals surface area contributed by atoms with E-state index in [0.717, 1.165) is 29.0 Å². The fourth-order valence-electron chi connectivity index (χ4n) is 4.21. The van der Waals surface area contributed by atoms with Crippen LogP contribution in [-0.4, -0.2) is 18.3 Å². The molecule has 30 heavy (non-hydrogen) atoms. The van der Waals surface area contributed by atoms with Crippen molar-refractivity contribution in [2.24, 2.45) is 0 Å². The van der Waals surface area contributed by atoms with Gasteiger partial charge in [-0.15, -0.1) is 0 Å². The Balaban J connectivity index is 1.73. The van der Waals surface area contributed by atoms with Crippen molar-refractivity contribution in [2.75, 3.05) is 11.5 Å². The van der Waals surface area contributed by atoms with Crippen molar-refractivity contribution in [3.63, 3.8) is 0 Å². The minimum Gasteiger partial charge on any atom is -0.490 e. The van der Waals surface area contributed by atoms with Crippen LogP contribution in [0.4, 0.5) is 5.69 Å². The number of benzene rings is 2. The first-order valence-corrected chi connectivity index (χ1v) is 10.1. The van der Waals surface area contributed by atoms with E-state index in [1.54, 1.807) is 35.2 Å². The Labute approximate surface area is 175 Å². The van der Waals surface area contributed by atoms with Crippen LogP contribution in [0.5, 0.6) is 5.75 Å². The zero-order valence-electron chi connectivity index (χ0n) is 16.6. The highest BCUT2D eigenvalue weighted by atomic mass is 16.5. The van der Waals surface area contributed by atoms with Gasteiger partial charge in [-0.2, -0.15) is 5.26 Å². The minimum absolute atomic E-state index is 0.0369. The first-order valence-electron chi connectivity index (χ1n) is 10.1. The average molecular weight is 398 g/mol. The third-order valence-electron chi connectivity index (χ3n) is 5.58. The highest BCUT2D eigenvalue weighted by Crippen LogP contribution is 2.43. The van der Waals surface area contributed by atoms with Gasteiger partial charge in [-0.3, -0.25) is 14.5 Å². The molecule has 0 radical (unpaired) electrons. The quantitative estimate of drug-likeness (QED) is 0.688. The number of ketones is 1. The number of anilines is 1. The summed E-state index contributed by atoms with van der Waals surface area (Å²) >= 11 is 0. The molecule has 1 aliphatic carbocycles. The monoisotopic (exact) mass is 398 g/mol. The number of nitriles is 1. The lowest BCUT2D eigenvalue weighted by Crippen LogP contribution is -2.40. The van der Waals surface area contributed by atoms with Crippen molar-refractivity contribution in [1.29, 1.82) is 5.26 Å². The summed E-state index contributed by atoms with van der Waals surface area (Å²) in [4.78, 5) is 27.8. The number of hydrogen-bond acceptors (Lipinski definition) is 4. The molecule has 150 valence electrons. The van der Waals surface area contributed by atoms with Crippen LogP contribution >= 0.6 is 0 Å². The third-order valence-corrected chi connectivity index (χ3v) is 5.58. The lowest BCUT2D eigenvalue weighted by atomic mass is 9.77. The first-order chi connectivity index (χ1) is 14.6. The fourth-order valence-corrected chi connectivity index (χ4v) is 4.21. The summed E-state index contributed by atoms with van der Waals surface area (Å²) < 4.78 is 5.55. The van der Waals surface area contributed by atoms with E-state index in [2.05, 4.69) is 12.6 Å². The molecule has 0 aromatic heterocycles. The molecule has 4 rings (SSSR count). The molecule has 1 atom stereocenters. The van der Waals surface area contributed by atoms with Crippen molar-refractivity contribution in [1.82, 2.24) is 0 Å². The second-order valence-corrected chi connectivity index (χ2v) is 7.45. The van der Waals surface area contributed by atoms with Gasteiger partial charge in [0, 0.05) is 35.7 Å². The Bertz CT molecular complexity index is 1060. The van der Waals surface area contributed by atoms with Gasteiger partial charge in [-0.05, 0) is 54.8 Å². The van der Waals surface area contributed by atoms with Gasteiger partial charge >= 0.3 is 0 Å². The van der Waals surface area contributed by atoms with Crippen LogP contribution in [0.2, 0.25) is 0 Å². The third kappa shape index (κ3) is 3.65. The lowest BCUT2D eigenvalue weighted by molar-refractivity contribution is -0.119. The van der Waals surface area contributed by atoms with Gasteiger partial charge in [0.25, 0.3) is 0 Å². The predicted molar refractivity (Wildman–Crippen MR) is 114 cm³/mol. The standard InChI is InChI=1S/C25H22N2O3/c1-2-14-30-20-12-8-18(9-13-20)21-15-24(29)27(19-10-6-17(16-26)7-11-19)22-4-3-5-23(28)25(21)22/h2,6-13,21H,1,3-5,14-15H2. The van der Waals surface area contributed by atoms with Gasteiger partial charge in [0.1, 0.15) is 12.4 Å². The Kier molecular flexibility index (Phi) is 5.49. The molecule has 0 saturated heterocycles. The van der Waals surface area contributed by atoms with Crippen molar-refractivity contribution in [3.8, 4) is 11.8 Å². The van der Waals surface area contributed by atoms with Crippen LogP contribution in [0, 0.1) is 11.3 Å². The number of carbonyl (C=O) groups is 2. The molecule has 0 bridgehead atoms. The van der Waals surface area contributed by atoms with Gasteiger partial charge in [0.15, 0.2) is 5.78 Å². The summed E-state index contributed by atoms with van der Waals surface area (Å²) in [5, 5.41) is 9.04. The maximum absolute atomic E-state index is 13.2. The molecule has 1 amide bonds. The molecule has 2 aromatic carbocycles. The maximum atomic E-state index is 13.2. The van der Waals surface area contributed by atoms with E-state index in [-0.39, 0.29) is 24.0 Å². The van der Waals surface area contributed by atoms with E-state index in [0.29, 0.717) is 30.7 Å². The smallest absolute Gasteiger partial charge is 0.232 e. The molecule has 0 saturated carbocycles. The summed E-state index contributed by atoms with van der Waals surface area (Å²) in [6, 6.07) is 16.6. The molecule has 0 N–H and O–H groups in total. The highest BCUT2D eigenvalue weighted by molar-refractivity contribution is 6.07. The number of Topliss-reactive ketones (excluding diaryl/α,β-unsaturated/α-hetero) is 1. The Morgan fingerprint density at radius 2 is 1.83 bits per heavy atom. The molecule has 1 heterocycles. The predicted octanol–water partition coefficient (Wildman–Crippen LogP) is 4.65. The summed E-state index contributed by atoms with van der Waals surface area (Å²) in [6.07, 6.45) is 3.84. The average Bonchev–Trinajstić information content (AvgIpc) is 2.78. The molecule has 0 fully saturated rings. The summed E-state index contributed by atoms with van der Waals surface area (Å²) in [6.45, 7) is 4.07. The minimum atomic E-state index is -0.247. The second-order valence-electron chi connectivity index (χ2n) is 7.45. The van der Waals surface area contributed by atoms with Crippen LogP contribution in [0.3, 0.4) is 0 Å². The maximum Gasteiger partial charge on any atom is 0.232 e. The van der Waals surface area contributed by atoms with E-state index in [1.807, 2.05) is 24.3 Å². The first kappa shape index (κ1) is 19.7. The largest absolute Gasteiger partial charge is 0.490 e. The van der Waals surface area contributed by atoms with E-state index in [9.17, 15) is 9.59 Å². The number of rotatable bonds is 5. The van der Waals surface area contributed by atoms with Gasteiger partial charge < -0.3 is 4.74 Å². The number of amides is 1. The number of nitrogens with zero attached hydrogens (tertiary/aromatic N) is 2. The zero-order valence-corrected chi connectivity index (χ0v) is 16.6. The molecule has 2 aromatic rings. The highest BCUT2D eigenvalue weighted by Gasteiger charge is 2.39. The van der Waals surface area contributed by atoms with E-state index in [1.165, 1.54) is 0 Å². The molecule has 2 aliphatic rings. The summed E-state index contributed by atoms with van der Waals surface area (Å²) in [7, 11) is 0. The number of carbonyl (C=O) groups excluding carboxylic acids is 2. The van der Waals surface area contributed by atoms with Crippen molar-refractivity contribution in [2.45, 2.75) is 31.6 Å². The number of ether oxygens (including phenoxy) is 1. The summed E-state index contributed by atoms with van der Waals surface area (Å²) in [5.41, 5.74) is 3.72. The Hall–Kier alpha value is -3.65. The molecule has 5 heteroatoms. The fraction of sp³-hybridized carbons (Fsp3) is 0.240. The number of allylic oxidation sites excluding steroid dienone is 2. The SMILES string of the molecule is C=CCOc1ccc(C2CC(=O)N(c3ccc(C#N)cc3)C3=C2C(=O)CCC3)cc1. The van der Waals surface area contributed by atoms with Crippen LogP contribution in [0.15, 0.2) is 72.5 Å². The van der Waals surface area contributed by atoms with E-state index < -0.39 is 0 Å². The lowest BCUT2D eigenvalue weighted by Gasteiger charge is -2.38. The van der Waals surface area contributed by atoms with Crippen LogP contribution in [-0.2, 0) is 9.59 Å². The van der Waals surface area contributed by atoms with Crippen molar-refractivity contribution < 1.29 is 14.3 Å². The van der Waals surface area contributed by atoms with Crippen LogP contribution in [0.25, 0.3) is 0 Å². The van der Waals surface area contributed by atoms with Gasteiger partial charge in [0.2, 0.25) is 5.91 Å². The molecular formula is C25H22N2O3. The molecule has 1 aliphatic heterocycles. The van der Waals surface area contributed by atoms with Gasteiger partial charge in [0.05, 0.1) is 11.6 Å². The van der Waals surface area contributed by atoms with Crippen LogP contribution in [0.1, 0.15) is 42.7 Å². The second kappa shape index (κ2) is 8.38. The molecule has 5 nitrogen and oxygen atoms in total. The molecular weight excluding hydrogens is 376 g/mol. The normalized spacial score (nSPS) is 18.6. The van der Waals surface area contributed by atoms with Crippen molar-refractivity contribution in [3.05, 3.63) is 83.6 Å². The summed E-state index contributed by atoms with van der Waals surface area (Å²) in [5.74, 6) is 0.553. The Morgan fingerprint density at radius 3 is 2.50 bits per heavy atom. The van der Waals surface area contributed by atoms with Crippen LogP contribution < -0.4 is 9.64 Å². The zero-order chi connectivity index (χ0) is 21.1. The molecule has 1 unspecified atom stereocenters. The van der Waals surface area contributed by atoms with E-state index in [4.69, 9.17) is 10.00 Å².